The van der Waals surface area contributed by atoms with Gasteiger partial charge in [0.05, 0.1) is 12.3 Å². The Morgan fingerprint density at radius 3 is 2.15 bits per heavy atom. The topological polar surface area (TPSA) is 50.1 Å². The third-order valence-corrected chi connectivity index (χ3v) is 4.79. The highest BCUT2D eigenvalue weighted by molar-refractivity contribution is 5.77. The van der Waals surface area contributed by atoms with Gasteiger partial charge in [0.2, 0.25) is 0 Å². The maximum Gasteiger partial charge on any atom is 0.277 e. The molecule has 0 fully saturated rings. The molecule has 1 aromatic heterocycles. The fourth-order valence-electron chi connectivity index (χ4n) is 3.08. The fraction of sp³-hybridized carbons (Fsp3) is 0.227. The van der Waals surface area contributed by atoms with Gasteiger partial charge in [-0.2, -0.15) is 0 Å². The number of benzene rings is 2. The zero-order valence-electron chi connectivity index (χ0n) is 15.2. The average molecular weight is 349 g/mol. The first-order valence-electron chi connectivity index (χ1n) is 8.89. The van der Waals surface area contributed by atoms with Crippen molar-refractivity contribution in [3.63, 3.8) is 0 Å². The van der Waals surface area contributed by atoms with Gasteiger partial charge >= 0.3 is 0 Å². The average Bonchev–Trinajstić information content (AvgIpc) is 3.23. The molecule has 3 aromatic rings. The maximum atomic E-state index is 12.7. The van der Waals surface area contributed by atoms with E-state index >= 15 is 0 Å². The van der Waals surface area contributed by atoms with E-state index in [1.165, 1.54) is 0 Å². The molecule has 26 heavy (non-hydrogen) atoms. The minimum atomic E-state index is -0.0319. The fourth-order valence-corrected chi connectivity index (χ4v) is 3.08. The Morgan fingerprint density at radius 1 is 0.962 bits per heavy atom. The largest absolute Gasteiger partial charge is 0.463 e. The van der Waals surface area contributed by atoms with E-state index in [0.717, 1.165) is 16.9 Å². The molecule has 2 N–H and O–H groups in total. The van der Waals surface area contributed by atoms with Crippen molar-refractivity contribution in [3.05, 3.63) is 95.9 Å². The monoisotopic (exact) mass is 349 g/mol. The van der Waals surface area contributed by atoms with Gasteiger partial charge in [0.15, 0.2) is 18.3 Å². The number of carbonyl (C=O) groups is 1. The lowest BCUT2D eigenvalue weighted by molar-refractivity contribution is -0.679. The van der Waals surface area contributed by atoms with Crippen LogP contribution in [0.25, 0.3) is 0 Å². The van der Waals surface area contributed by atoms with Gasteiger partial charge in [-0.05, 0) is 24.6 Å². The van der Waals surface area contributed by atoms with Crippen molar-refractivity contribution in [2.45, 2.75) is 19.0 Å². The lowest BCUT2D eigenvalue weighted by Crippen LogP contribution is -2.87. The molecule has 0 aliphatic carbocycles. The zero-order valence-corrected chi connectivity index (χ0v) is 15.2. The second-order valence-electron chi connectivity index (χ2n) is 6.43. The number of quaternary nitrogens is 1. The van der Waals surface area contributed by atoms with Crippen LogP contribution < -0.4 is 5.32 Å². The first-order valence-corrected chi connectivity index (χ1v) is 8.89. The lowest BCUT2D eigenvalue weighted by Gasteiger charge is -2.25. The van der Waals surface area contributed by atoms with Crippen molar-refractivity contribution in [1.82, 2.24) is 4.90 Å². The van der Waals surface area contributed by atoms with E-state index in [-0.39, 0.29) is 18.0 Å². The molecule has 2 aromatic carbocycles. The predicted molar refractivity (Wildman–Crippen MR) is 101 cm³/mol. The van der Waals surface area contributed by atoms with Crippen LogP contribution in [0.1, 0.15) is 35.9 Å². The molecule has 2 atom stereocenters. The molecule has 0 unspecified atom stereocenters. The Balaban J connectivity index is 1.68. The van der Waals surface area contributed by atoms with Gasteiger partial charge in [-0.15, -0.1) is 0 Å². The number of furan rings is 1. The number of nitrogens with zero attached hydrogens (tertiary/aromatic N) is 1. The van der Waals surface area contributed by atoms with Crippen LogP contribution in [0.5, 0.6) is 0 Å². The molecule has 0 radical (unpaired) electrons. The molecule has 1 amide bonds. The highest BCUT2D eigenvalue weighted by atomic mass is 16.3. The van der Waals surface area contributed by atoms with Crippen molar-refractivity contribution in [3.8, 4) is 0 Å². The summed E-state index contributed by atoms with van der Waals surface area (Å²) in [6.45, 7) is 2.41. The summed E-state index contributed by atoms with van der Waals surface area (Å²) in [5.41, 5.74) is 2.25. The number of likely N-dealkylation sites (N-methyl/N-ethyl adjacent to an activating group) is 1. The van der Waals surface area contributed by atoms with E-state index < -0.39 is 0 Å². The van der Waals surface area contributed by atoms with Crippen LogP contribution in [0.15, 0.2) is 83.5 Å². The van der Waals surface area contributed by atoms with Gasteiger partial charge in [-0.1, -0.05) is 60.7 Å². The van der Waals surface area contributed by atoms with Gasteiger partial charge in [0.1, 0.15) is 0 Å². The van der Waals surface area contributed by atoms with Crippen LogP contribution in [0.3, 0.4) is 0 Å². The van der Waals surface area contributed by atoms with E-state index in [9.17, 15) is 4.79 Å². The third-order valence-electron chi connectivity index (χ3n) is 4.79. The van der Waals surface area contributed by atoms with Gasteiger partial charge in [-0.3, -0.25) is 4.79 Å². The second-order valence-corrected chi connectivity index (χ2v) is 6.43. The molecule has 0 saturated carbocycles. The Morgan fingerprint density at radius 2 is 1.58 bits per heavy atom. The molecule has 4 heteroatoms. The molecule has 3 rings (SSSR count). The molecular formula is C22H25N2O2+. The van der Waals surface area contributed by atoms with Crippen LogP contribution >= 0.6 is 0 Å². The Bertz CT molecular complexity index is 801. The minimum absolute atomic E-state index is 0.0319. The second kappa shape index (κ2) is 8.50. The van der Waals surface area contributed by atoms with Gasteiger partial charge < -0.3 is 14.6 Å². The summed E-state index contributed by atoms with van der Waals surface area (Å²) in [4.78, 5) is 14.5. The highest BCUT2D eigenvalue weighted by Gasteiger charge is 2.24. The number of hydrogen-bond acceptors (Lipinski definition) is 2. The smallest absolute Gasteiger partial charge is 0.277 e. The summed E-state index contributed by atoms with van der Waals surface area (Å²) in [6.07, 6.45) is 1.67. The van der Waals surface area contributed by atoms with Crippen molar-refractivity contribution in [2.24, 2.45) is 0 Å². The van der Waals surface area contributed by atoms with Gasteiger partial charge in [0.25, 0.3) is 5.91 Å². The lowest BCUT2D eigenvalue weighted by atomic mass is 10.0. The highest BCUT2D eigenvalue weighted by Crippen LogP contribution is 2.19. The van der Waals surface area contributed by atoms with Gasteiger partial charge in [0, 0.05) is 12.6 Å². The Kier molecular flexibility index (Phi) is 5.87. The van der Waals surface area contributed by atoms with Crippen molar-refractivity contribution in [2.75, 3.05) is 13.6 Å². The molecule has 1 heterocycles. The van der Waals surface area contributed by atoms with E-state index in [1.54, 1.807) is 11.2 Å². The van der Waals surface area contributed by atoms with Crippen LogP contribution in [0.2, 0.25) is 0 Å². The molecule has 0 saturated heterocycles. The van der Waals surface area contributed by atoms with Crippen molar-refractivity contribution >= 4 is 5.91 Å². The number of nitrogens with two attached hydrogens (primary N) is 1. The minimum Gasteiger partial charge on any atom is -0.463 e. The summed E-state index contributed by atoms with van der Waals surface area (Å²) in [6, 6.07) is 24.0. The zero-order chi connectivity index (χ0) is 18.4. The number of amides is 1. The maximum absolute atomic E-state index is 12.7. The first-order chi connectivity index (χ1) is 12.7. The Labute approximate surface area is 154 Å². The summed E-state index contributed by atoms with van der Waals surface area (Å²) in [5.74, 6) is 0.941. The van der Waals surface area contributed by atoms with E-state index in [2.05, 4.69) is 19.1 Å². The number of carbonyl (C=O) groups excluding carboxylic acids is 1. The molecule has 0 aliphatic heterocycles. The number of rotatable bonds is 7. The van der Waals surface area contributed by atoms with Crippen LogP contribution in [0.4, 0.5) is 0 Å². The standard InChI is InChI=1S/C22H24N2O2/c1-17(18-10-5-3-6-11-18)24(2)21(25)16-23-22(20-14-9-15-26-20)19-12-7-4-8-13-19/h3-15,17,22-23H,16H2,1-2H3/p+1/t17-,22+/m0/s1. The molecule has 0 aliphatic rings. The van der Waals surface area contributed by atoms with Gasteiger partial charge in [-0.25, -0.2) is 0 Å². The Hall–Kier alpha value is -2.85. The molecule has 134 valence electrons. The van der Waals surface area contributed by atoms with E-state index in [0.29, 0.717) is 6.54 Å². The first kappa shape index (κ1) is 18.0. The van der Waals surface area contributed by atoms with Crippen LogP contribution in [0, 0.1) is 0 Å². The molecule has 0 spiro atoms. The third kappa shape index (κ3) is 4.21. The van der Waals surface area contributed by atoms with E-state index in [1.807, 2.05) is 73.0 Å². The normalized spacial score (nSPS) is 13.2. The SMILES string of the molecule is C[C@@H](c1ccccc1)N(C)C(=O)C[NH2+][C@H](c1ccccc1)c1ccco1. The molecular weight excluding hydrogens is 324 g/mol. The summed E-state index contributed by atoms with van der Waals surface area (Å²) < 4.78 is 5.60. The van der Waals surface area contributed by atoms with Crippen LogP contribution in [-0.2, 0) is 4.79 Å². The molecule has 4 nitrogen and oxygen atoms in total. The van der Waals surface area contributed by atoms with Crippen LogP contribution in [-0.4, -0.2) is 24.4 Å². The predicted octanol–water partition coefficient (Wildman–Crippen LogP) is 3.15. The summed E-state index contributed by atoms with van der Waals surface area (Å²) >= 11 is 0. The summed E-state index contributed by atoms with van der Waals surface area (Å²) in [5, 5.41) is 2.03. The van der Waals surface area contributed by atoms with Crippen molar-refractivity contribution in [1.29, 1.82) is 0 Å². The number of hydrogen-bond donors (Lipinski definition) is 1. The quantitative estimate of drug-likeness (QED) is 0.712. The van der Waals surface area contributed by atoms with E-state index in [4.69, 9.17) is 4.42 Å². The summed E-state index contributed by atoms with van der Waals surface area (Å²) in [7, 11) is 1.86. The van der Waals surface area contributed by atoms with Crippen molar-refractivity contribution < 1.29 is 14.5 Å². The molecule has 0 bridgehead atoms.